The van der Waals surface area contributed by atoms with Gasteiger partial charge in [-0.25, -0.2) is 4.79 Å². The molecule has 2 aromatic rings. The lowest BCUT2D eigenvalue weighted by molar-refractivity contribution is 0.0367. The van der Waals surface area contributed by atoms with E-state index in [0.29, 0.717) is 12.3 Å². The Kier molecular flexibility index (Phi) is 5.22. The Hall–Kier alpha value is -2.27. The highest BCUT2D eigenvalue weighted by Crippen LogP contribution is 2.19. The van der Waals surface area contributed by atoms with Crippen LogP contribution in [0.25, 0.3) is 0 Å². The Balaban J connectivity index is 1.72. The molecule has 0 fully saturated rings. The summed E-state index contributed by atoms with van der Waals surface area (Å²) in [7, 11) is 0. The van der Waals surface area contributed by atoms with Crippen LogP contribution < -0.4 is 10.6 Å². The van der Waals surface area contributed by atoms with E-state index in [2.05, 4.69) is 16.7 Å². The summed E-state index contributed by atoms with van der Waals surface area (Å²) in [4.78, 5) is 11.8. The largest absolute Gasteiger partial charge is 0.466 e. The van der Waals surface area contributed by atoms with Crippen molar-refractivity contribution in [3.63, 3.8) is 0 Å². The first kappa shape index (κ1) is 16.1. The van der Waals surface area contributed by atoms with Crippen molar-refractivity contribution >= 4 is 6.03 Å². The average molecular weight is 302 g/mol. The molecule has 1 aromatic carbocycles. The Morgan fingerprint density at radius 2 is 2.09 bits per heavy atom. The lowest BCUT2D eigenvalue weighted by atomic mass is 10.0. The van der Waals surface area contributed by atoms with Crippen molar-refractivity contribution in [3.05, 3.63) is 59.5 Å². The number of hydrogen-bond acceptors (Lipinski definition) is 3. The first-order valence-corrected chi connectivity index (χ1v) is 7.31. The average Bonchev–Trinajstić information content (AvgIpc) is 3.00. The van der Waals surface area contributed by atoms with E-state index in [9.17, 15) is 9.90 Å². The number of aliphatic hydroxyl groups is 1. The fourth-order valence-electron chi connectivity index (χ4n) is 2.18. The van der Waals surface area contributed by atoms with E-state index >= 15 is 0 Å². The van der Waals surface area contributed by atoms with E-state index in [0.717, 1.165) is 6.42 Å². The first-order valence-electron chi connectivity index (χ1n) is 7.31. The molecule has 5 nitrogen and oxygen atoms in total. The normalized spacial score (nSPS) is 13.4. The van der Waals surface area contributed by atoms with Crippen LogP contribution in [-0.4, -0.2) is 24.2 Å². The van der Waals surface area contributed by atoms with Gasteiger partial charge in [0.15, 0.2) is 0 Å². The van der Waals surface area contributed by atoms with Crippen LogP contribution in [0.1, 0.15) is 23.8 Å². The minimum absolute atomic E-state index is 0.0802. The standard InChI is InChI=1S/C17H22N2O3/c1-13-5-3-6-14(11-13)8-9-18-16(20)19-12-17(2,21)15-7-4-10-22-15/h3-7,10-11,21H,8-9,12H2,1-2H3,(H2,18,19,20)/t17-/m1/s1. The zero-order chi connectivity index (χ0) is 16.0. The fraction of sp³-hybridized carbons (Fsp3) is 0.353. The van der Waals surface area contributed by atoms with E-state index < -0.39 is 5.60 Å². The summed E-state index contributed by atoms with van der Waals surface area (Å²) in [5, 5.41) is 15.6. The van der Waals surface area contributed by atoms with Crippen LogP contribution in [0.3, 0.4) is 0 Å². The third-order valence-electron chi connectivity index (χ3n) is 3.43. The maximum Gasteiger partial charge on any atom is 0.314 e. The molecule has 1 aromatic heterocycles. The third kappa shape index (κ3) is 4.63. The van der Waals surface area contributed by atoms with E-state index in [4.69, 9.17) is 4.42 Å². The van der Waals surface area contributed by atoms with Crippen molar-refractivity contribution in [2.24, 2.45) is 0 Å². The molecule has 0 aliphatic rings. The second-order valence-electron chi connectivity index (χ2n) is 5.60. The summed E-state index contributed by atoms with van der Waals surface area (Å²) in [6.07, 6.45) is 2.26. The number of nitrogens with one attached hydrogen (secondary N) is 2. The molecule has 2 rings (SSSR count). The number of carbonyl (C=O) groups excluding carboxylic acids is 1. The van der Waals surface area contributed by atoms with Gasteiger partial charge >= 0.3 is 6.03 Å². The lowest BCUT2D eigenvalue weighted by Crippen LogP contribution is -2.43. The molecule has 3 N–H and O–H groups in total. The van der Waals surface area contributed by atoms with Gasteiger partial charge in [0.2, 0.25) is 0 Å². The molecular formula is C17H22N2O3. The van der Waals surface area contributed by atoms with Gasteiger partial charge in [-0.15, -0.1) is 0 Å². The monoisotopic (exact) mass is 302 g/mol. The molecule has 5 heteroatoms. The topological polar surface area (TPSA) is 74.5 Å². The van der Waals surface area contributed by atoms with Gasteiger partial charge in [0.1, 0.15) is 11.4 Å². The highest BCUT2D eigenvalue weighted by atomic mass is 16.4. The summed E-state index contributed by atoms with van der Waals surface area (Å²) < 4.78 is 5.16. The highest BCUT2D eigenvalue weighted by Gasteiger charge is 2.26. The van der Waals surface area contributed by atoms with Gasteiger partial charge < -0.3 is 20.2 Å². The first-order chi connectivity index (χ1) is 10.5. The number of amides is 2. The Labute approximate surface area is 130 Å². The smallest absolute Gasteiger partial charge is 0.314 e. The molecule has 0 bridgehead atoms. The van der Waals surface area contributed by atoms with Crippen molar-refractivity contribution in [3.8, 4) is 0 Å². The van der Waals surface area contributed by atoms with E-state index in [1.165, 1.54) is 17.4 Å². The third-order valence-corrected chi connectivity index (χ3v) is 3.43. The molecule has 1 atom stereocenters. The van der Waals surface area contributed by atoms with Crippen LogP contribution in [0.4, 0.5) is 4.79 Å². The van der Waals surface area contributed by atoms with Crippen molar-refractivity contribution in [2.45, 2.75) is 25.9 Å². The number of urea groups is 1. The van der Waals surface area contributed by atoms with Crippen molar-refractivity contribution in [2.75, 3.05) is 13.1 Å². The molecule has 0 saturated carbocycles. The van der Waals surface area contributed by atoms with Gasteiger partial charge in [-0.2, -0.15) is 0 Å². The molecule has 0 aliphatic carbocycles. The number of benzene rings is 1. The molecular weight excluding hydrogens is 280 g/mol. The van der Waals surface area contributed by atoms with Crippen molar-refractivity contribution in [1.29, 1.82) is 0 Å². The van der Waals surface area contributed by atoms with Crippen molar-refractivity contribution in [1.82, 2.24) is 10.6 Å². The summed E-state index contributed by atoms with van der Waals surface area (Å²) in [6.45, 7) is 4.26. The molecule has 118 valence electrons. The predicted molar refractivity (Wildman–Crippen MR) is 84.6 cm³/mol. The Morgan fingerprint density at radius 1 is 1.27 bits per heavy atom. The number of carbonyl (C=O) groups is 1. The maximum absolute atomic E-state index is 11.8. The molecule has 22 heavy (non-hydrogen) atoms. The van der Waals surface area contributed by atoms with E-state index in [-0.39, 0.29) is 12.6 Å². The predicted octanol–water partition coefficient (Wildman–Crippen LogP) is 2.34. The molecule has 2 amide bonds. The van der Waals surface area contributed by atoms with Gasteiger partial charge in [-0.3, -0.25) is 0 Å². The number of hydrogen-bond donors (Lipinski definition) is 3. The lowest BCUT2D eigenvalue weighted by Gasteiger charge is -2.21. The van der Waals surface area contributed by atoms with E-state index in [1.807, 2.05) is 25.1 Å². The van der Waals surface area contributed by atoms with Gasteiger partial charge in [-0.1, -0.05) is 29.8 Å². The quantitative estimate of drug-likeness (QED) is 0.766. The number of aryl methyl sites for hydroxylation is 1. The molecule has 0 spiro atoms. The second-order valence-corrected chi connectivity index (χ2v) is 5.60. The summed E-state index contributed by atoms with van der Waals surface area (Å²) in [5.41, 5.74) is 1.16. The maximum atomic E-state index is 11.8. The van der Waals surface area contributed by atoms with Gasteiger partial charge in [0.05, 0.1) is 12.8 Å². The molecule has 0 radical (unpaired) electrons. The van der Waals surface area contributed by atoms with Crippen LogP contribution in [-0.2, 0) is 12.0 Å². The summed E-state index contributed by atoms with van der Waals surface area (Å²) >= 11 is 0. The minimum Gasteiger partial charge on any atom is -0.466 e. The van der Waals surface area contributed by atoms with Gasteiger partial charge in [0.25, 0.3) is 0 Å². The molecule has 0 aliphatic heterocycles. The van der Waals surface area contributed by atoms with Crippen LogP contribution >= 0.6 is 0 Å². The zero-order valence-corrected chi connectivity index (χ0v) is 12.9. The van der Waals surface area contributed by atoms with Gasteiger partial charge in [0, 0.05) is 6.54 Å². The molecule has 0 saturated heterocycles. The summed E-state index contributed by atoms with van der Waals surface area (Å²) in [6, 6.07) is 11.3. The molecule has 1 heterocycles. The van der Waals surface area contributed by atoms with E-state index in [1.54, 1.807) is 19.1 Å². The summed E-state index contributed by atoms with van der Waals surface area (Å²) in [5.74, 6) is 0.424. The highest BCUT2D eigenvalue weighted by molar-refractivity contribution is 5.73. The Morgan fingerprint density at radius 3 is 2.77 bits per heavy atom. The number of rotatable bonds is 6. The van der Waals surface area contributed by atoms with Crippen molar-refractivity contribution < 1.29 is 14.3 Å². The zero-order valence-electron chi connectivity index (χ0n) is 12.9. The van der Waals surface area contributed by atoms with Gasteiger partial charge in [-0.05, 0) is 38.0 Å². The van der Waals surface area contributed by atoms with Crippen LogP contribution in [0.15, 0.2) is 47.1 Å². The Bertz CT molecular complexity index is 606. The fourth-order valence-corrected chi connectivity index (χ4v) is 2.18. The van der Waals surface area contributed by atoms with Crippen LogP contribution in [0.5, 0.6) is 0 Å². The van der Waals surface area contributed by atoms with Crippen LogP contribution in [0.2, 0.25) is 0 Å². The number of furan rings is 1. The SMILES string of the molecule is Cc1cccc(CCNC(=O)NC[C@@](C)(O)c2ccco2)c1. The molecule has 0 unspecified atom stereocenters. The minimum atomic E-state index is -1.22. The second kappa shape index (κ2) is 7.13. The van der Waals surface area contributed by atoms with Crippen LogP contribution in [0, 0.1) is 6.92 Å².